The van der Waals surface area contributed by atoms with Crippen LogP contribution < -0.4 is 0 Å². The smallest absolute Gasteiger partial charge is 0.0622 e. The Morgan fingerprint density at radius 2 is 0.500 bits per heavy atom. The van der Waals surface area contributed by atoms with Crippen molar-refractivity contribution in [2.75, 3.05) is 0 Å². The molecule has 410 valence electrons. The highest BCUT2D eigenvalue weighted by Gasteiger charge is 2.46. The Bertz CT molecular complexity index is 4880. The van der Waals surface area contributed by atoms with E-state index in [2.05, 4.69) is 352 Å². The molecule has 0 heterocycles. The van der Waals surface area contributed by atoms with Gasteiger partial charge in [0.05, 0.1) is 10.8 Å². The first-order chi connectivity index (χ1) is 43.6. The zero-order valence-corrected chi connectivity index (χ0v) is 48.5. The maximum atomic E-state index is 2.48. The van der Waals surface area contributed by atoms with Gasteiger partial charge in [-0.25, -0.2) is 0 Å². The van der Waals surface area contributed by atoms with Crippen LogP contribution >= 0.6 is 0 Å². The Morgan fingerprint density at radius 1 is 0.182 bits per heavy atom. The summed E-state index contributed by atoms with van der Waals surface area (Å²) in [7, 11) is 0. The Kier molecular flexibility index (Phi) is 12.1. The van der Waals surface area contributed by atoms with Crippen molar-refractivity contribution in [3.63, 3.8) is 0 Å². The van der Waals surface area contributed by atoms with Crippen LogP contribution in [0.5, 0.6) is 0 Å². The van der Waals surface area contributed by atoms with Crippen LogP contribution in [0.1, 0.15) is 55.6 Å². The molecule has 0 bridgehead atoms. The summed E-state index contributed by atoms with van der Waals surface area (Å²) in [6.07, 6.45) is 4.87. The molecule has 0 aliphatic heterocycles. The minimum Gasteiger partial charge on any atom is -0.0622 e. The van der Waals surface area contributed by atoms with E-state index in [0.29, 0.717) is 0 Å². The summed E-state index contributed by atoms with van der Waals surface area (Å²) in [6, 6.07) is 127. The molecule has 2 aliphatic carbocycles. The third kappa shape index (κ3) is 8.07. The Labute approximate surface area is 514 Å². The van der Waals surface area contributed by atoms with Gasteiger partial charge < -0.3 is 0 Å². The normalized spacial score (nSPS) is 13.8. The molecular formula is C88H58. The van der Waals surface area contributed by atoms with Gasteiger partial charge in [0.2, 0.25) is 0 Å². The molecule has 0 amide bonds. The highest BCUT2D eigenvalue weighted by atomic mass is 14.5. The summed E-state index contributed by atoms with van der Waals surface area (Å²) in [5.74, 6) is 0. The van der Waals surface area contributed by atoms with Gasteiger partial charge in [0.15, 0.2) is 0 Å². The molecule has 0 spiro atoms. The van der Waals surface area contributed by atoms with Crippen molar-refractivity contribution < 1.29 is 0 Å². The van der Waals surface area contributed by atoms with Crippen molar-refractivity contribution in [3.05, 3.63) is 395 Å². The molecule has 0 fully saturated rings. The molecule has 0 heteroatoms. The van der Waals surface area contributed by atoms with Gasteiger partial charge in [-0.15, -0.1) is 0 Å². The largest absolute Gasteiger partial charge is 0.0713 e. The Balaban J connectivity index is 0.885. The average Bonchev–Trinajstić information content (AvgIpc) is 1.54. The summed E-state index contributed by atoms with van der Waals surface area (Å²) in [5, 5.41) is 9.73. The molecular weight excluding hydrogens is 1060 g/mol. The van der Waals surface area contributed by atoms with Crippen LogP contribution in [-0.2, 0) is 10.8 Å². The van der Waals surface area contributed by atoms with E-state index in [1.807, 2.05) is 0 Å². The lowest BCUT2D eigenvalue weighted by atomic mass is 9.65. The van der Waals surface area contributed by atoms with Crippen molar-refractivity contribution in [2.24, 2.45) is 0 Å². The molecule has 0 aromatic heterocycles. The van der Waals surface area contributed by atoms with E-state index in [0.717, 1.165) is 0 Å². The molecule has 0 nitrogen and oxygen atoms in total. The predicted molar refractivity (Wildman–Crippen MR) is 372 cm³/mol. The van der Waals surface area contributed by atoms with Gasteiger partial charge in [-0.05, 0) is 203 Å². The first-order valence-corrected chi connectivity index (χ1v) is 30.7. The first-order valence-electron chi connectivity index (χ1n) is 30.7. The van der Waals surface area contributed by atoms with Crippen LogP contribution in [0.15, 0.2) is 340 Å². The second-order valence-electron chi connectivity index (χ2n) is 23.8. The maximum absolute atomic E-state index is 2.48. The lowest BCUT2D eigenvalue weighted by Crippen LogP contribution is -2.29. The lowest BCUT2D eigenvalue weighted by Gasteiger charge is -2.36. The summed E-state index contributed by atoms with van der Waals surface area (Å²) in [6.45, 7) is 0. The van der Waals surface area contributed by atoms with Gasteiger partial charge in [0, 0.05) is 0 Å². The highest BCUT2D eigenvalue weighted by molar-refractivity contribution is 6.23. The van der Waals surface area contributed by atoms with E-state index in [1.54, 1.807) is 0 Å². The lowest BCUT2D eigenvalue weighted by molar-refractivity contribution is 0.814. The van der Waals surface area contributed by atoms with E-state index in [-0.39, 0.29) is 0 Å². The van der Waals surface area contributed by atoms with Crippen LogP contribution in [0.4, 0.5) is 0 Å². The molecule has 0 N–H and O–H groups in total. The maximum Gasteiger partial charge on any atom is 0.0713 e. The Morgan fingerprint density at radius 3 is 0.898 bits per heavy atom. The molecule has 0 radical (unpaired) electrons. The zero-order chi connectivity index (χ0) is 58.2. The van der Waals surface area contributed by atoms with E-state index >= 15 is 0 Å². The van der Waals surface area contributed by atoms with Crippen molar-refractivity contribution in [1.82, 2.24) is 0 Å². The van der Waals surface area contributed by atoms with Crippen LogP contribution in [0.2, 0.25) is 0 Å². The van der Waals surface area contributed by atoms with Crippen molar-refractivity contribution in [2.45, 2.75) is 10.8 Å². The van der Waals surface area contributed by atoms with Crippen LogP contribution in [0.3, 0.4) is 0 Å². The van der Waals surface area contributed by atoms with Gasteiger partial charge in [-0.2, -0.15) is 0 Å². The van der Waals surface area contributed by atoms with Gasteiger partial charge in [0.25, 0.3) is 0 Å². The van der Waals surface area contributed by atoms with E-state index in [4.69, 9.17) is 0 Å². The third-order valence-electron chi connectivity index (χ3n) is 19.2. The van der Waals surface area contributed by atoms with Gasteiger partial charge >= 0.3 is 0 Å². The van der Waals surface area contributed by atoms with Crippen LogP contribution in [0, 0.1) is 0 Å². The SMILES string of the molecule is C1=C(c2cccc(-c3ccc4c(-c5ccc6ccccc6c5)c5cc(-c6cccc(C7=Cc8ccccc8C7(c7ccccc7)c7ccccc7)c6)ccc5c(-c5ccc6ccccc6c5)c4c3)c2)C(c2ccccc2)(c2ccccc2)c2ccccc21. The van der Waals surface area contributed by atoms with Gasteiger partial charge in [-0.1, -0.05) is 303 Å². The summed E-state index contributed by atoms with van der Waals surface area (Å²) < 4.78 is 0. The molecule has 88 heavy (non-hydrogen) atoms. The number of hydrogen-bond acceptors (Lipinski definition) is 0. The van der Waals surface area contributed by atoms with E-state index < -0.39 is 10.8 Å². The average molecular weight is 1120 g/mol. The van der Waals surface area contributed by atoms with E-state index in [9.17, 15) is 0 Å². The van der Waals surface area contributed by atoms with Crippen molar-refractivity contribution >= 4 is 66.4 Å². The van der Waals surface area contributed by atoms with Gasteiger partial charge in [0.1, 0.15) is 0 Å². The second kappa shape index (κ2) is 20.8. The fourth-order valence-electron chi connectivity index (χ4n) is 15.3. The first kappa shape index (κ1) is 51.3. The van der Waals surface area contributed by atoms with Crippen molar-refractivity contribution in [3.8, 4) is 44.5 Å². The Hall–Kier alpha value is -11.2. The van der Waals surface area contributed by atoms with Crippen LogP contribution in [-0.4, -0.2) is 0 Å². The fourth-order valence-corrected chi connectivity index (χ4v) is 15.3. The standard InChI is InChI=1S/C88H58/c1-5-33-73(34-6-1)87(74-35-7-2-8-36-74)81-41-19-17-27-69(81)57-83(87)67-31-21-29-63(51-67)65-47-49-77-79(55-65)85(71-45-43-59-23-13-15-25-61(59)53-71)78-50-48-66(56-80(78)86(77)72-46-44-60-24-14-16-26-62(60)54-72)64-30-22-32-68(52-64)84-58-70-28-18-20-42-82(70)88(84,75-37-9-3-10-38-75)76-39-11-4-12-40-76/h1-58H. The summed E-state index contributed by atoms with van der Waals surface area (Å²) in [5.41, 5.74) is 23.5. The molecule has 0 saturated carbocycles. The minimum absolute atomic E-state index is 0.521. The minimum atomic E-state index is -0.521. The monoisotopic (exact) mass is 1110 g/mol. The molecule has 15 aromatic rings. The number of hydrogen-bond donors (Lipinski definition) is 0. The van der Waals surface area contributed by atoms with Crippen molar-refractivity contribution in [1.29, 1.82) is 0 Å². The predicted octanol–water partition coefficient (Wildman–Crippen LogP) is 22.7. The summed E-state index contributed by atoms with van der Waals surface area (Å²) in [4.78, 5) is 0. The second-order valence-corrected chi connectivity index (χ2v) is 23.8. The third-order valence-corrected chi connectivity index (χ3v) is 19.2. The molecule has 0 atom stereocenters. The van der Waals surface area contributed by atoms with Crippen LogP contribution in [0.25, 0.3) is 111 Å². The molecule has 0 saturated heterocycles. The number of fused-ring (bicyclic) bond motifs is 6. The fraction of sp³-hybridized carbons (Fsp3) is 0.0227. The number of allylic oxidation sites excluding steroid dienone is 2. The molecule has 15 aromatic carbocycles. The molecule has 17 rings (SSSR count). The zero-order valence-electron chi connectivity index (χ0n) is 48.5. The molecule has 0 unspecified atom stereocenters. The molecule has 2 aliphatic rings. The number of rotatable bonds is 10. The topological polar surface area (TPSA) is 0 Å². The highest BCUT2D eigenvalue weighted by Crippen LogP contribution is 2.58. The van der Waals surface area contributed by atoms with Gasteiger partial charge in [-0.3, -0.25) is 0 Å². The summed E-state index contributed by atoms with van der Waals surface area (Å²) >= 11 is 0. The van der Waals surface area contributed by atoms with E-state index in [1.165, 1.54) is 154 Å². The quantitative estimate of drug-likeness (QED) is 0.120. The number of benzene rings is 15.